The lowest BCUT2D eigenvalue weighted by molar-refractivity contribution is 0.730. The molecule has 0 rings (SSSR count). The summed E-state index contributed by atoms with van der Waals surface area (Å²) in [4.78, 5) is 0. The van der Waals surface area contributed by atoms with Gasteiger partial charge in [-0.05, 0) is 6.54 Å². The molecule has 2 heteroatoms. The average Bonchev–Trinajstić information content (AvgIpc) is 1.91. The Morgan fingerprint density at radius 3 is 2.10 bits per heavy atom. The van der Waals surface area contributed by atoms with Gasteiger partial charge in [-0.15, -0.1) is 0 Å². The van der Waals surface area contributed by atoms with Crippen LogP contribution in [0, 0.1) is 11.3 Å². The number of hydrogen-bond acceptors (Lipinski definition) is 2. The highest BCUT2D eigenvalue weighted by atomic mass is 14.8. The molecule has 10 heavy (non-hydrogen) atoms. The third-order valence-electron chi connectivity index (χ3n) is 0.664. The van der Waals surface area contributed by atoms with E-state index in [1.54, 1.807) is 0 Å². The van der Waals surface area contributed by atoms with Gasteiger partial charge in [-0.1, -0.05) is 27.2 Å². The topological polar surface area (TPSA) is 35.8 Å². The first-order valence-corrected chi connectivity index (χ1v) is 3.91. The molecule has 0 aliphatic carbocycles. The molecule has 0 unspecified atom stereocenters. The molecule has 0 saturated carbocycles. The fourth-order valence-corrected chi connectivity index (χ4v) is 0.321. The quantitative estimate of drug-likeness (QED) is 0.611. The average molecular weight is 142 g/mol. The van der Waals surface area contributed by atoms with E-state index in [-0.39, 0.29) is 0 Å². The molecule has 0 heterocycles. The van der Waals surface area contributed by atoms with Gasteiger partial charge < -0.3 is 5.32 Å². The van der Waals surface area contributed by atoms with Gasteiger partial charge in [0.05, 0.1) is 6.07 Å². The maximum atomic E-state index is 8.00. The number of hydrogen-bond donors (Lipinski definition) is 1. The van der Waals surface area contributed by atoms with E-state index < -0.39 is 0 Å². The number of nitrogens with zero attached hydrogens (tertiary/aromatic N) is 1. The first-order valence-electron chi connectivity index (χ1n) is 3.91. The summed E-state index contributed by atoms with van der Waals surface area (Å²) in [7, 11) is 0. The molecule has 0 aliphatic rings. The molecule has 0 saturated heterocycles. The van der Waals surface area contributed by atoms with Crippen LogP contribution in [-0.4, -0.2) is 13.1 Å². The van der Waals surface area contributed by atoms with E-state index in [0.29, 0.717) is 6.42 Å². The van der Waals surface area contributed by atoms with E-state index >= 15 is 0 Å². The van der Waals surface area contributed by atoms with Crippen molar-refractivity contribution in [1.29, 1.82) is 5.26 Å². The molecule has 0 amide bonds. The second-order valence-corrected chi connectivity index (χ2v) is 1.97. The molecule has 0 radical (unpaired) electrons. The van der Waals surface area contributed by atoms with Gasteiger partial charge in [-0.3, -0.25) is 0 Å². The van der Waals surface area contributed by atoms with Crippen molar-refractivity contribution in [2.45, 2.75) is 33.6 Å². The van der Waals surface area contributed by atoms with Gasteiger partial charge in [0, 0.05) is 13.0 Å². The third kappa shape index (κ3) is 26.0. The molecule has 0 spiro atoms. The lowest BCUT2D eigenvalue weighted by Crippen LogP contribution is -2.12. The summed E-state index contributed by atoms with van der Waals surface area (Å²) >= 11 is 0. The van der Waals surface area contributed by atoms with E-state index in [1.165, 1.54) is 6.42 Å². The molecular formula is C8H18N2. The summed E-state index contributed by atoms with van der Waals surface area (Å²) in [5.41, 5.74) is 0. The van der Waals surface area contributed by atoms with Crippen molar-refractivity contribution in [2.75, 3.05) is 13.1 Å². The van der Waals surface area contributed by atoms with Gasteiger partial charge in [0.15, 0.2) is 0 Å². The minimum atomic E-state index is 0.619. The summed E-state index contributed by atoms with van der Waals surface area (Å²) in [5.74, 6) is 0. The lowest BCUT2D eigenvalue weighted by Gasteiger charge is -1.90. The SMILES string of the molecule is CCC.CCNCCC#N. The van der Waals surface area contributed by atoms with Crippen molar-refractivity contribution in [3.8, 4) is 6.07 Å². The summed E-state index contributed by atoms with van der Waals surface area (Å²) in [6.45, 7) is 8.06. The van der Waals surface area contributed by atoms with Crippen LogP contribution < -0.4 is 5.32 Å². The Balaban J connectivity index is 0. The standard InChI is InChI=1S/C5H10N2.C3H8/c1-2-7-5-3-4-6;1-3-2/h7H,2-3,5H2,1H3;3H2,1-2H3. The van der Waals surface area contributed by atoms with Gasteiger partial charge >= 0.3 is 0 Å². The minimum Gasteiger partial charge on any atom is -0.316 e. The fraction of sp³-hybridized carbons (Fsp3) is 0.875. The van der Waals surface area contributed by atoms with E-state index in [0.717, 1.165) is 13.1 Å². The second kappa shape index (κ2) is 15.8. The van der Waals surface area contributed by atoms with E-state index in [9.17, 15) is 0 Å². The molecule has 0 atom stereocenters. The van der Waals surface area contributed by atoms with Crippen molar-refractivity contribution >= 4 is 0 Å². The van der Waals surface area contributed by atoms with Crippen LogP contribution in [0.25, 0.3) is 0 Å². The van der Waals surface area contributed by atoms with Crippen LogP contribution in [-0.2, 0) is 0 Å². The maximum absolute atomic E-state index is 8.00. The zero-order valence-corrected chi connectivity index (χ0v) is 7.28. The predicted octanol–water partition coefficient (Wildman–Crippen LogP) is 1.93. The maximum Gasteiger partial charge on any atom is 0.0635 e. The van der Waals surface area contributed by atoms with Crippen LogP contribution in [0.2, 0.25) is 0 Å². The Bertz CT molecular complexity index is 73.8. The van der Waals surface area contributed by atoms with Crippen molar-refractivity contribution in [3.63, 3.8) is 0 Å². The van der Waals surface area contributed by atoms with Crippen LogP contribution in [0.4, 0.5) is 0 Å². The van der Waals surface area contributed by atoms with E-state index in [2.05, 4.69) is 19.2 Å². The van der Waals surface area contributed by atoms with Crippen molar-refractivity contribution in [1.82, 2.24) is 5.32 Å². The van der Waals surface area contributed by atoms with Crippen LogP contribution in [0.15, 0.2) is 0 Å². The number of nitrogens with one attached hydrogen (secondary N) is 1. The van der Waals surface area contributed by atoms with Crippen molar-refractivity contribution in [2.24, 2.45) is 0 Å². The minimum absolute atomic E-state index is 0.619. The normalized spacial score (nSPS) is 7.40. The van der Waals surface area contributed by atoms with Crippen molar-refractivity contribution in [3.05, 3.63) is 0 Å². The van der Waals surface area contributed by atoms with Crippen LogP contribution in [0.1, 0.15) is 33.6 Å². The Hall–Kier alpha value is -0.550. The Kier molecular flexibility index (Phi) is 19.2. The molecule has 2 nitrogen and oxygen atoms in total. The zero-order valence-electron chi connectivity index (χ0n) is 7.28. The van der Waals surface area contributed by atoms with Gasteiger partial charge in [0.1, 0.15) is 0 Å². The van der Waals surface area contributed by atoms with Gasteiger partial charge in [-0.2, -0.15) is 5.26 Å². The summed E-state index contributed by atoms with van der Waals surface area (Å²) in [5, 5.41) is 11.0. The first-order chi connectivity index (χ1) is 4.83. The monoisotopic (exact) mass is 142 g/mol. The molecule has 0 aliphatic heterocycles. The van der Waals surface area contributed by atoms with Gasteiger partial charge in [0.2, 0.25) is 0 Å². The Morgan fingerprint density at radius 1 is 1.30 bits per heavy atom. The molecule has 0 aromatic carbocycles. The molecule has 1 N–H and O–H groups in total. The Morgan fingerprint density at radius 2 is 1.80 bits per heavy atom. The van der Waals surface area contributed by atoms with Crippen LogP contribution in [0.3, 0.4) is 0 Å². The van der Waals surface area contributed by atoms with Crippen molar-refractivity contribution < 1.29 is 0 Å². The Labute approximate surface area is 64.2 Å². The number of nitriles is 1. The zero-order chi connectivity index (χ0) is 8.24. The van der Waals surface area contributed by atoms with Crippen LogP contribution >= 0.6 is 0 Å². The summed E-state index contributed by atoms with van der Waals surface area (Å²) < 4.78 is 0. The molecular weight excluding hydrogens is 124 g/mol. The molecule has 0 bridgehead atoms. The number of rotatable bonds is 3. The van der Waals surface area contributed by atoms with Gasteiger partial charge in [0.25, 0.3) is 0 Å². The molecule has 0 aromatic rings. The molecule has 0 aromatic heterocycles. The summed E-state index contributed by atoms with van der Waals surface area (Å²) in [6.07, 6.45) is 1.87. The highest BCUT2D eigenvalue weighted by molar-refractivity contribution is 4.69. The van der Waals surface area contributed by atoms with Crippen LogP contribution in [0.5, 0.6) is 0 Å². The lowest BCUT2D eigenvalue weighted by atomic mass is 10.5. The molecule has 60 valence electrons. The second-order valence-electron chi connectivity index (χ2n) is 1.97. The van der Waals surface area contributed by atoms with Gasteiger partial charge in [-0.25, -0.2) is 0 Å². The summed E-state index contributed by atoms with van der Waals surface area (Å²) in [6, 6.07) is 2.04. The fourth-order valence-electron chi connectivity index (χ4n) is 0.321. The largest absolute Gasteiger partial charge is 0.316 e. The first kappa shape index (κ1) is 12.2. The predicted molar refractivity (Wildman–Crippen MR) is 44.7 cm³/mol. The van der Waals surface area contributed by atoms with E-state index in [4.69, 9.17) is 5.26 Å². The highest BCUT2D eigenvalue weighted by Gasteiger charge is 1.76. The van der Waals surface area contributed by atoms with E-state index in [1.807, 2.05) is 13.0 Å². The molecule has 0 fully saturated rings. The smallest absolute Gasteiger partial charge is 0.0635 e. The third-order valence-corrected chi connectivity index (χ3v) is 0.664. The highest BCUT2D eigenvalue weighted by Crippen LogP contribution is 1.66.